The molecule has 0 heterocycles. The number of aliphatic hydroxyl groups is 2. The van der Waals surface area contributed by atoms with Crippen molar-refractivity contribution >= 4 is 0 Å². The molecule has 4 nitrogen and oxygen atoms in total. The van der Waals surface area contributed by atoms with Crippen molar-refractivity contribution in [3.63, 3.8) is 0 Å². The van der Waals surface area contributed by atoms with Gasteiger partial charge in [-0.25, -0.2) is 0 Å². The topological polar surface area (TPSA) is 52.9 Å². The SMILES string of the molecule is COc1ccc(C(CN(C)C)C2(O)CCCCC2)cc1CO. The van der Waals surface area contributed by atoms with Gasteiger partial charge in [0, 0.05) is 18.0 Å². The van der Waals surface area contributed by atoms with Crippen molar-refractivity contribution in [1.29, 1.82) is 0 Å². The normalized spacial score (nSPS) is 19.2. The van der Waals surface area contributed by atoms with Crippen molar-refractivity contribution in [3.8, 4) is 5.75 Å². The van der Waals surface area contributed by atoms with Gasteiger partial charge in [0.1, 0.15) is 5.75 Å². The van der Waals surface area contributed by atoms with Crippen molar-refractivity contribution in [2.45, 2.75) is 50.2 Å². The van der Waals surface area contributed by atoms with Gasteiger partial charge >= 0.3 is 0 Å². The van der Waals surface area contributed by atoms with Crippen LogP contribution in [0.2, 0.25) is 0 Å². The molecule has 4 heteroatoms. The average molecular weight is 307 g/mol. The Morgan fingerprint density at radius 1 is 1.23 bits per heavy atom. The number of methoxy groups -OCH3 is 1. The summed E-state index contributed by atoms with van der Waals surface area (Å²) in [5, 5.41) is 20.8. The Kier molecular flexibility index (Phi) is 5.84. The van der Waals surface area contributed by atoms with Crippen LogP contribution in [-0.4, -0.2) is 48.5 Å². The van der Waals surface area contributed by atoms with Gasteiger partial charge in [-0.3, -0.25) is 0 Å². The number of likely N-dealkylation sites (N-methyl/N-ethyl adjacent to an activating group) is 1. The summed E-state index contributed by atoms with van der Waals surface area (Å²) in [6, 6.07) is 5.91. The van der Waals surface area contributed by atoms with E-state index in [9.17, 15) is 10.2 Å². The molecule has 2 rings (SSSR count). The van der Waals surface area contributed by atoms with Crippen LogP contribution in [0.5, 0.6) is 5.75 Å². The fraction of sp³-hybridized carbons (Fsp3) is 0.667. The molecule has 124 valence electrons. The molecule has 0 spiro atoms. The van der Waals surface area contributed by atoms with E-state index in [4.69, 9.17) is 4.74 Å². The monoisotopic (exact) mass is 307 g/mol. The van der Waals surface area contributed by atoms with Crippen LogP contribution in [-0.2, 0) is 6.61 Å². The molecule has 1 saturated carbocycles. The predicted molar refractivity (Wildman–Crippen MR) is 88.2 cm³/mol. The summed E-state index contributed by atoms with van der Waals surface area (Å²) in [6.45, 7) is 0.748. The van der Waals surface area contributed by atoms with Crippen molar-refractivity contribution in [2.24, 2.45) is 0 Å². The van der Waals surface area contributed by atoms with Crippen LogP contribution in [0.3, 0.4) is 0 Å². The third kappa shape index (κ3) is 3.80. The molecule has 2 N–H and O–H groups in total. The average Bonchev–Trinajstić information content (AvgIpc) is 2.52. The lowest BCUT2D eigenvalue weighted by atomic mass is 9.72. The minimum absolute atomic E-state index is 0.0515. The molecule has 22 heavy (non-hydrogen) atoms. The molecule has 0 aliphatic heterocycles. The van der Waals surface area contributed by atoms with Crippen LogP contribution in [0.15, 0.2) is 18.2 Å². The molecule has 1 fully saturated rings. The van der Waals surface area contributed by atoms with Crippen molar-refractivity contribution < 1.29 is 14.9 Å². The smallest absolute Gasteiger partial charge is 0.124 e. The summed E-state index contributed by atoms with van der Waals surface area (Å²) in [7, 11) is 5.69. The highest BCUT2D eigenvalue weighted by molar-refractivity contribution is 5.39. The maximum Gasteiger partial charge on any atom is 0.124 e. The lowest BCUT2D eigenvalue weighted by molar-refractivity contribution is -0.0278. The van der Waals surface area contributed by atoms with E-state index in [0.29, 0.717) is 5.75 Å². The van der Waals surface area contributed by atoms with E-state index in [-0.39, 0.29) is 12.5 Å². The van der Waals surface area contributed by atoms with Gasteiger partial charge in [0.15, 0.2) is 0 Å². The molecule has 1 atom stereocenters. The highest BCUT2D eigenvalue weighted by Crippen LogP contribution is 2.41. The molecule has 1 aromatic rings. The third-order valence-corrected chi connectivity index (χ3v) is 4.79. The number of ether oxygens (including phenoxy) is 1. The third-order valence-electron chi connectivity index (χ3n) is 4.79. The molecule has 0 bridgehead atoms. The largest absolute Gasteiger partial charge is 0.496 e. The molecule has 1 aliphatic carbocycles. The van der Waals surface area contributed by atoms with Crippen LogP contribution in [0.1, 0.15) is 49.1 Å². The lowest BCUT2D eigenvalue weighted by Crippen LogP contribution is -2.42. The molecule has 0 aromatic heterocycles. The highest BCUT2D eigenvalue weighted by Gasteiger charge is 2.39. The second-order valence-corrected chi connectivity index (χ2v) is 6.71. The summed E-state index contributed by atoms with van der Waals surface area (Å²) in [4.78, 5) is 2.13. The van der Waals surface area contributed by atoms with E-state index in [2.05, 4.69) is 4.90 Å². The Bertz CT molecular complexity index is 481. The van der Waals surface area contributed by atoms with Crippen LogP contribution in [0, 0.1) is 0 Å². The summed E-state index contributed by atoms with van der Waals surface area (Å²) >= 11 is 0. The molecule has 1 aromatic carbocycles. The van der Waals surface area contributed by atoms with E-state index < -0.39 is 5.60 Å². The summed E-state index contributed by atoms with van der Waals surface area (Å²) < 4.78 is 5.29. The number of aliphatic hydroxyl groups excluding tert-OH is 1. The Morgan fingerprint density at radius 2 is 1.91 bits per heavy atom. The van der Waals surface area contributed by atoms with E-state index in [0.717, 1.165) is 43.4 Å². The Labute approximate surface area is 133 Å². The standard InChI is InChI=1S/C18H29NO3/c1-19(2)12-16(18(21)9-5-4-6-10-18)14-7-8-17(22-3)15(11-14)13-20/h7-8,11,16,20-21H,4-6,9-10,12-13H2,1-3H3. The van der Waals surface area contributed by atoms with E-state index in [1.54, 1.807) is 7.11 Å². The number of hydrogen-bond acceptors (Lipinski definition) is 4. The van der Waals surface area contributed by atoms with Gasteiger partial charge in [-0.1, -0.05) is 25.3 Å². The zero-order valence-electron chi connectivity index (χ0n) is 14.0. The van der Waals surface area contributed by atoms with Crippen LogP contribution in [0.4, 0.5) is 0 Å². The second-order valence-electron chi connectivity index (χ2n) is 6.71. The first-order valence-corrected chi connectivity index (χ1v) is 8.15. The fourth-order valence-electron chi connectivity index (χ4n) is 3.60. The maximum absolute atomic E-state index is 11.2. The lowest BCUT2D eigenvalue weighted by Gasteiger charge is -2.41. The maximum atomic E-state index is 11.2. The van der Waals surface area contributed by atoms with Crippen molar-refractivity contribution in [3.05, 3.63) is 29.3 Å². The number of benzene rings is 1. The van der Waals surface area contributed by atoms with Crippen LogP contribution < -0.4 is 4.74 Å². The Morgan fingerprint density at radius 3 is 2.45 bits per heavy atom. The van der Waals surface area contributed by atoms with Gasteiger partial charge in [-0.15, -0.1) is 0 Å². The Balaban J connectivity index is 2.36. The van der Waals surface area contributed by atoms with Gasteiger partial charge < -0.3 is 19.8 Å². The van der Waals surface area contributed by atoms with Crippen LogP contribution in [0.25, 0.3) is 0 Å². The zero-order valence-corrected chi connectivity index (χ0v) is 14.0. The van der Waals surface area contributed by atoms with Gasteiger partial charge in [0.25, 0.3) is 0 Å². The first kappa shape index (κ1) is 17.3. The fourth-order valence-corrected chi connectivity index (χ4v) is 3.60. The van der Waals surface area contributed by atoms with Crippen molar-refractivity contribution in [1.82, 2.24) is 4.90 Å². The minimum atomic E-state index is -0.649. The minimum Gasteiger partial charge on any atom is -0.496 e. The van der Waals surface area contributed by atoms with E-state index >= 15 is 0 Å². The molecule has 0 saturated heterocycles. The summed E-state index contributed by atoms with van der Waals surface area (Å²) in [5.41, 5.74) is 1.22. The predicted octanol–water partition coefficient (Wildman–Crippen LogP) is 2.53. The molecular formula is C18H29NO3. The summed E-state index contributed by atoms with van der Waals surface area (Å²) in [5.74, 6) is 0.754. The second kappa shape index (κ2) is 7.44. The van der Waals surface area contributed by atoms with Gasteiger partial charge in [0.2, 0.25) is 0 Å². The number of hydrogen-bond donors (Lipinski definition) is 2. The van der Waals surface area contributed by atoms with Crippen LogP contribution >= 0.6 is 0 Å². The first-order valence-electron chi connectivity index (χ1n) is 8.15. The Hall–Kier alpha value is -1.10. The molecule has 1 unspecified atom stereocenters. The van der Waals surface area contributed by atoms with E-state index in [1.165, 1.54) is 6.42 Å². The zero-order chi connectivity index (χ0) is 16.2. The van der Waals surface area contributed by atoms with Gasteiger partial charge in [0.05, 0.1) is 19.3 Å². The summed E-state index contributed by atoms with van der Waals surface area (Å²) in [6.07, 6.45) is 5.09. The van der Waals surface area contributed by atoms with Gasteiger partial charge in [-0.2, -0.15) is 0 Å². The van der Waals surface area contributed by atoms with E-state index in [1.807, 2.05) is 32.3 Å². The number of rotatable bonds is 6. The first-order chi connectivity index (χ1) is 10.5. The molecule has 0 amide bonds. The van der Waals surface area contributed by atoms with Gasteiger partial charge in [-0.05, 0) is 44.6 Å². The highest BCUT2D eigenvalue weighted by atomic mass is 16.5. The van der Waals surface area contributed by atoms with Crippen molar-refractivity contribution in [2.75, 3.05) is 27.7 Å². The quantitative estimate of drug-likeness (QED) is 0.848. The molecule has 0 radical (unpaired) electrons. The number of nitrogens with zero attached hydrogens (tertiary/aromatic N) is 1. The molecule has 1 aliphatic rings. The molecular weight excluding hydrogens is 278 g/mol.